The number of nitrogens with two attached hydrogens (primary N) is 1. The second kappa shape index (κ2) is 8.41. The van der Waals surface area contributed by atoms with Crippen LogP contribution in [0.15, 0.2) is 23.3 Å². The van der Waals surface area contributed by atoms with Gasteiger partial charge in [-0.15, -0.1) is 0 Å². The quantitative estimate of drug-likeness (QED) is 0.528. The SMILES string of the molecule is C[SiH](C)OC(C1=CC(N)(O)CC(C(O[SiH](C)C)C(C)(C)C)=C1)C(C)(C)C. The Labute approximate surface area is 164 Å². The van der Waals surface area contributed by atoms with Gasteiger partial charge in [-0.25, -0.2) is 0 Å². The molecule has 4 nitrogen and oxygen atoms in total. The first-order valence-corrected chi connectivity index (χ1v) is 15.3. The molecule has 1 aliphatic carbocycles. The third kappa shape index (κ3) is 7.05. The van der Waals surface area contributed by atoms with E-state index in [2.05, 4.69) is 73.8 Å². The highest BCUT2D eigenvalue weighted by Gasteiger charge is 2.38. The second-order valence-electron chi connectivity index (χ2n) is 10.4. The molecule has 0 fully saturated rings. The van der Waals surface area contributed by atoms with Crippen molar-refractivity contribution in [3.8, 4) is 0 Å². The lowest BCUT2D eigenvalue weighted by Crippen LogP contribution is -2.46. The Morgan fingerprint density at radius 3 is 1.77 bits per heavy atom. The van der Waals surface area contributed by atoms with Gasteiger partial charge in [-0.2, -0.15) is 0 Å². The molecule has 3 atom stereocenters. The second-order valence-corrected chi connectivity index (χ2v) is 15.1. The van der Waals surface area contributed by atoms with Crippen molar-refractivity contribution in [3.05, 3.63) is 23.3 Å². The fraction of sp³-hybridized carbons (Fsp3) is 0.800. The molecule has 3 N–H and O–H groups in total. The fourth-order valence-electron chi connectivity index (χ4n) is 3.47. The van der Waals surface area contributed by atoms with E-state index in [4.69, 9.17) is 14.6 Å². The maximum absolute atomic E-state index is 10.8. The van der Waals surface area contributed by atoms with Gasteiger partial charge in [0, 0.05) is 6.42 Å². The van der Waals surface area contributed by atoms with Crippen molar-refractivity contribution in [1.82, 2.24) is 0 Å². The summed E-state index contributed by atoms with van der Waals surface area (Å²) in [5.74, 6) is 0. The van der Waals surface area contributed by atoms with Gasteiger partial charge in [-0.3, -0.25) is 0 Å². The van der Waals surface area contributed by atoms with E-state index in [0.29, 0.717) is 6.42 Å². The molecule has 6 heteroatoms. The lowest BCUT2D eigenvalue weighted by atomic mass is 9.76. The summed E-state index contributed by atoms with van der Waals surface area (Å²) in [4.78, 5) is 0. The Balaban J connectivity index is 3.40. The van der Waals surface area contributed by atoms with Crippen LogP contribution >= 0.6 is 0 Å². The molecule has 0 aromatic rings. The van der Waals surface area contributed by atoms with Gasteiger partial charge < -0.3 is 19.7 Å². The Kier molecular flexibility index (Phi) is 7.70. The van der Waals surface area contributed by atoms with E-state index in [0.717, 1.165) is 11.1 Å². The summed E-state index contributed by atoms with van der Waals surface area (Å²) in [6.07, 6.45) is 4.23. The first-order valence-electron chi connectivity index (χ1n) is 9.78. The molecular formula is C20H41NO3Si2. The lowest BCUT2D eigenvalue weighted by molar-refractivity contribution is 0.0622. The molecule has 1 aliphatic rings. The highest BCUT2D eigenvalue weighted by Crippen LogP contribution is 2.39. The van der Waals surface area contributed by atoms with Crippen molar-refractivity contribution in [2.45, 2.75) is 92.1 Å². The number of hydrogen-bond acceptors (Lipinski definition) is 4. The molecular weight excluding hydrogens is 358 g/mol. The normalized spacial score (nSPS) is 24.5. The van der Waals surface area contributed by atoms with Crippen LogP contribution in [0.25, 0.3) is 0 Å². The molecule has 0 aromatic heterocycles. The molecule has 3 unspecified atom stereocenters. The molecule has 0 aromatic carbocycles. The first-order chi connectivity index (χ1) is 11.5. The Bertz CT molecular complexity index is 540. The van der Waals surface area contributed by atoms with Gasteiger partial charge in [-0.1, -0.05) is 47.6 Å². The van der Waals surface area contributed by atoms with E-state index in [-0.39, 0.29) is 23.0 Å². The average Bonchev–Trinajstić information content (AvgIpc) is 2.37. The van der Waals surface area contributed by atoms with Crippen LogP contribution in [0.1, 0.15) is 48.0 Å². The molecule has 0 saturated heterocycles. The van der Waals surface area contributed by atoms with Gasteiger partial charge >= 0.3 is 0 Å². The standard InChI is InChI=1S/C20H41NO3Si2/c1-18(2,3)16(23-25(7)8)14-11-15(13-20(21,22)12-14)17(19(4,5)6)24-26(9)10/h11-12,16-17,22,25-26H,13,21H2,1-10H3. The zero-order chi connectivity index (χ0) is 20.5. The Morgan fingerprint density at radius 2 is 1.38 bits per heavy atom. The van der Waals surface area contributed by atoms with Crippen LogP contribution in [0.5, 0.6) is 0 Å². The molecule has 0 heterocycles. The van der Waals surface area contributed by atoms with Crippen LogP contribution in [-0.2, 0) is 8.85 Å². The molecule has 0 spiro atoms. The van der Waals surface area contributed by atoms with Crippen molar-refractivity contribution < 1.29 is 14.0 Å². The van der Waals surface area contributed by atoms with Crippen molar-refractivity contribution in [2.24, 2.45) is 16.6 Å². The summed E-state index contributed by atoms with van der Waals surface area (Å²) in [5, 5.41) is 10.8. The van der Waals surface area contributed by atoms with E-state index in [1.165, 1.54) is 0 Å². The van der Waals surface area contributed by atoms with Gasteiger partial charge in [0.25, 0.3) is 0 Å². The van der Waals surface area contributed by atoms with Crippen LogP contribution < -0.4 is 5.73 Å². The van der Waals surface area contributed by atoms with Crippen molar-refractivity contribution in [2.75, 3.05) is 0 Å². The smallest absolute Gasteiger partial charge is 0.171 e. The summed E-state index contributed by atoms with van der Waals surface area (Å²) in [7, 11) is -2.51. The summed E-state index contributed by atoms with van der Waals surface area (Å²) in [6, 6.07) is 0. The van der Waals surface area contributed by atoms with Gasteiger partial charge in [0.1, 0.15) is 5.72 Å². The van der Waals surface area contributed by atoms with Crippen molar-refractivity contribution in [1.29, 1.82) is 0 Å². The zero-order valence-electron chi connectivity index (χ0n) is 18.5. The Hall–Kier alpha value is -0.246. The fourth-order valence-corrected chi connectivity index (χ4v) is 5.70. The molecule has 0 saturated carbocycles. The predicted octanol–water partition coefficient (Wildman–Crippen LogP) is 3.72. The average molecular weight is 400 g/mol. The van der Waals surface area contributed by atoms with Crippen LogP contribution in [-0.4, -0.2) is 41.1 Å². The van der Waals surface area contributed by atoms with Crippen LogP contribution in [0.3, 0.4) is 0 Å². The molecule has 0 bridgehead atoms. The van der Waals surface area contributed by atoms with Gasteiger partial charge in [0.2, 0.25) is 0 Å². The Morgan fingerprint density at radius 1 is 0.962 bits per heavy atom. The molecule has 1 rings (SSSR count). The largest absolute Gasteiger partial charge is 0.413 e. The summed E-state index contributed by atoms with van der Waals surface area (Å²) in [6.45, 7) is 21.8. The minimum Gasteiger partial charge on any atom is -0.413 e. The van der Waals surface area contributed by atoms with E-state index in [1.807, 2.05) is 0 Å². The predicted molar refractivity (Wildman–Crippen MR) is 116 cm³/mol. The minimum absolute atomic E-state index is 0.0511. The van der Waals surface area contributed by atoms with Crippen LogP contribution in [0.4, 0.5) is 0 Å². The molecule has 0 aliphatic heterocycles. The van der Waals surface area contributed by atoms with Crippen molar-refractivity contribution >= 4 is 18.1 Å². The van der Waals surface area contributed by atoms with Crippen LogP contribution in [0.2, 0.25) is 26.2 Å². The highest BCUT2D eigenvalue weighted by molar-refractivity contribution is 6.48. The van der Waals surface area contributed by atoms with Crippen LogP contribution in [0, 0.1) is 10.8 Å². The summed E-state index contributed by atoms with van der Waals surface area (Å²) in [5.41, 5.74) is 6.78. The van der Waals surface area contributed by atoms with E-state index in [9.17, 15) is 5.11 Å². The maximum Gasteiger partial charge on any atom is 0.171 e. The third-order valence-electron chi connectivity index (χ3n) is 4.29. The number of aliphatic hydroxyl groups is 1. The monoisotopic (exact) mass is 399 g/mol. The molecule has 0 amide bonds. The van der Waals surface area contributed by atoms with Gasteiger partial charge in [0.05, 0.1) is 12.2 Å². The zero-order valence-corrected chi connectivity index (χ0v) is 20.8. The highest BCUT2D eigenvalue weighted by atomic mass is 28.3. The lowest BCUT2D eigenvalue weighted by Gasteiger charge is -2.41. The van der Waals surface area contributed by atoms with E-state index < -0.39 is 23.8 Å². The summed E-state index contributed by atoms with van der Waals surface area (Å²) >= 11 is 0. The third-order valence-corrected chi connectivity index (χ3v) is 5.92. The minimum atomic E-state index is -1.36. The topological polar surface area (TPSA) is 64.7 Å². The van der Waals surface area contributed by atoms with Crippen molar-refractivity contribution in [3.63, 3.8) is 0 Å². The summed E-state index contributed by atoms with van der Waals surface area (Å²) < 4.78 is 12.8. The first kappa shape index (κ1) is 23.8. The maximum atomic E-state index is 10.8. The number of hydrogen-bond donors (Lipinski definition) is 2. The van der Waals surface area contributed by atoms with Gasteiger partial charge in [0.15, 0.2) is 18.1 Å². The molecule has 0 radical (unpaired) electrons. The number of rotatable bonds is 6. The molecule has 152 valence electrons. The van der Waals surface area contributed by atoms with Gasteiger partial charge in [-0.05, 0) is 54.2 Å². The van der Waals surface area contributed by atoms with E-state index in [1.54, 1.807) is 6.08 Å². The molecule has 26 heavy (non-hydrogen) atoms. The van der Waals surface area contributed by atoms with E-state index >= 15 is 0 Å².